The second kappa shape index (κ2) is 9.46. The molecule has 0 unspecified atom stereocenters. The van der Waals surface area contributed by atoms with Crippen LogP contribution in [0.5, 0.6) is 5.75 Å². The van der Waals surface area contributed by atoms with E-state index < -0.39 is 5.82 Å². The first kappa shape index (κ1) is 16.8. The standard InChI is InChI=1S/C18H21FN2O2/c19-16-10-4-5-11-17(16)23-14-13-21-18(22)20-12-6-9-15-7-2-1-3-8-15/h1-5,7-8,10-11H,6,9,12-14H2,(H2,20,21,22). The highest BCUT2D eigenvalue weighted by Crippen LogP contribution is 2.14. The molecule has 0 aliphatic carbocycles. The molecule has 0 atom stereocenters. The molecule has 0 saturated carbocycles. The molecule has 0 aliphatic rings. The molecule has 0 saturated heterocycles. The Morgan fingerprint density at radius 3 is 2.43 bits per heavy atom. The molecule has 2 rings (SSSR count). The number of hydrogen-bond donors (Lipinski definition) is 2. The maximum atomic E-state index is 13.3. The van der Waals surface area contributed by atoms with Gasteiger partial charge in [0.05, 0.1) is 6.54 Å². The SMILES string of the molecule is O=C(NCCCc1ccccc1)NCCOc1ccccc1F. The fourth-order valence-corrected chi connectivity index (χ4v) is 2.09. The molecule has 2 amide bonds. The van der Waals surface area contributed by atoms with Gasteiger partial charge in [-0.2, -0.15) is 0 Å². The van der Waals surface area contributed by atoms with Gasteiger partial charge in [-0.1, -0.05) is 42.5 Å². The minimum atomic E-state index is -0.405. The summed E-state index contributed by atoms with van der Waals surface area (Å²) in [5, 5.41) is 5.46. The lowest BCUT2D eigenvalue weighted by atomic mass is 10.1. The predicted molar refractivity (Wildman–Crippen MR) is 88.1 cm³/mol. The number of ether oxygens (including phenoxy) is 1. The van der Waals surface area contributed by atoms with Crippen LogP contribution in [0, 0.1) is 5.82 Å². The summed E-state index contributed by atoms with van der Waals surface area (Å²) in [6.45, 7) is 1.14. The maximum absolute atomic E-state index is 13.3. The zero-order chi connectivity index (χ0) is 16.3. The van der Waals surface area contributed by atoms with Crippen molar-refractivity contribution in [3.63, 3.8) is 0 Å². The van der Waals surface area contributed by atoms with Crippen molar-refractivity contribution >= 4 is 6.03 Å². The van der Waals surface area contributed by atoms with E-state index in [2.05, 4.69) is 22.8 Å². The number of rotatable bonds is 8. The minimum absolute atomic E-state index is 0.192. The van der Waals surface area contributed by atoms with Crippen molar-refractivity contribution in [1.82, 2.24) is 10.6 Å². The number of para-hydroxylation sites is 1. The third kappa shape index (κ3) is 6.38. The van der Waals surface area contributed by atoms with E-state index in [0.29, 0.717) is 13.1 Å². The number of carbonyl (C=O) groups excluding carboxylic acids is 1. The van der Waals surface area contributed by atoms with Gasteiger partial charge in [0.25, 0.3) is 0 Å². The van der Waals surface area contributed by atoms with Gasteiger partial charge < -0.3 is 15.4 Å². The van der Waals surface area contributed by atoms with Crippen LogP contribution in [-0.4, -0.2) is 25.7 Å². The summed E-state index contributed by atoms with van der Waals surface area (Å²) in [5.41, 5.74) is 1.26. The molecule has 0 bridgehead atoms. The number of amides is 2. The van der Waals surface area contributed by atoms with E-state index in [1.54, 1.807) is 18.2 Å². The summed E-state index contributed by atoms with van der Waals surface area (Å²) in [5.74, 6) is -0.213. The molecule has 0 aliphatic heterocycles. The Kier molecular flexibility index (Phi) is 6.91. The fourth-order valence-electron chi connectivity index (χ4n) is 2.09. The minimum Gasteiger partial charge on any atom is -0.489 e. The Labute approximate surface area is 135 Å². The van der Waals surface area contributed by atoms with Gasteiger partial charge in [0.1, 0.15) is 6.61 Å². The quantitative estimate of drug-likeness (QED) is 0.735. The van der Waals surface area contributed by atoms with Crippen molar-refractivity contribution in [3.8, 4) is 5.75 Å². The van der Waals surface area contributed by atoms with Crippen LogP contribution in [0.25, 0.3) is 0 Å². The zero-order valence-electron chi connectivity index (χ0n) is 12.9. The Morgan fingerprint density at radius 2 is 1.65 bits per heavy atom. The number of urea groups is 1. The molecule has 0 aromatic heterocycles. The van der Waals surface area contributed by atoms with Crippen LogP contribution in [0.2, 0.25) is 0 Å². The molecule has 2 aromatic carbocycles. The second-order valence-electron chi connectivity index (χ2n) is 5.05. The predicted octanol–water partition coefficient (Wildman–Crippen LogP) is 3.14. The summed E-state index contributed by atoms with van der Waals surface area (Å²) in [6, 6.07) is 16.1. The Hall–Kier alpha value is -2.56. The van der Waals surface area contributed by atoms with E-state index >= 15 is 0 Å². The molecule has 4 nitrogen and oxygen atoms in total. The van der Waals surface area contributed by atoms with E-state index in [4.69, 9.17) is 4.74 Å². The van der Waals surface area contributed by atoms with Crippen molar-refractivity contribution in [2.75, 3.05) is 19.7 Å². The average Bonchev–Trinajstić information content (AvgIpc) is 2.58. The van der Waals surface area contributed by atoms with Gasteiger partial charge in [-0.25, -0.2) is 9.18 Å². The van der Waals surface area contributed by atoms with Crippen LogP contribution in [0.3, 0.4) is 0 Å². The molecular formula is C18H21FN2O2. The molecule has 0 heterocycles. The number of halogens is 1. The molecule has 23 heavy (non-hydrogen) atoms. The van der Waals surface area contributed by atoms with Crippen molar-refractivity contribution in [3.05, 3.63) is 66.0 Å². The van der Waals surface area contributed by atoms with Gasteiger partial charge in [0.2, 0.25) is 0 Å². The first-order valence-corrected chi connectivity index (χ1v) is 7.68. The van der Waals surface area contributed by atoms with E-state index in [9.17, 15) is 9.18 Å². The summed E-state index contributed by atoms with van der Waals surface area (Å²) in [4.78, 5) is 11.6. The summed E-state index contributed by atoms with van der Waals surface area (Å²) in [7, 11) is 0. The molecule has 2 N–H and O–H groups in total. The fraction of sp³-hybridized carbons (Fsp3) is 0.278. The first-order chi connectivity index (χ1) is 11.3. The lowest BCUT2D eigenvalue weighted by Crippen LogP contribution is -2.38. The zero-order valence-corrected chi connectivity index (χ0v) is 12.9. The molecular weight excluding hydrogens is 295 g/mol. The van der Waals surface area contributed by atoms with E-state index in [-0.39, 0.29) is 18.4 Å². The van der Waals surface area contributed by atoms with Crippen molar-refractivity contribution < 1.29 is 13.9 Å². The van der Waals surface area contributed by atoms with Gasteiger partial charge >= 0.3 is 6.03 Å². The third-order valence-corrected chi connectivity index (χ3v) is 3.25. The summed E-state index contributed by atoms with van der Waals surface area (Å²) >= 11 is 0. The highest BCUT2D eigenvalue weighted by molar-refractivity contribution is 5.73. The highest BCUT2D eigenvalue weighted by atomic mass is 19.1. The Bertz CT molecular complexity index is 605. The number of carbonyl (C=O) groups is 1. The van der Waals surface area contributed by atoms with Crippen LogP contribution in [0.1, 0.15) is 12.0 Å². The van der Waals surface area contributed by atoms with E-state index in [0.717, 1.165) is 12.8 Å². The van der Waals surface area contributed by atoms with E-state index in [1.807, 2.05) is 18.2 Å². The second-order valence-corrected chi connectivity index (χ2v) is 5.05. The molecule has 2 aromatic rings. The number of nitrogens with one attached hydrogen (secondary N) is 2. The molecule has 0 radical (unpaired) electrons. The lowest BCUT2D eigenvalue weighted by Gasteiger charge is -2.09. The maximum Gasteiger partial charge on any atom is 0.314 e. The number of hydrogen-bond acceptors (Lipinski definition) is 2. The Balaban J connectivity index is 1.53. The third-order valence-electron chi connectivity index (χ3n) is 3.25. The van der Waals surface area contributed by atoms with Gasteiger partial charge in [0, 0.05) is 6.54 Å². The van der Waals surface area contributed by atoms with Gasteiger partial charge in [-0.05, 0) is 30.5 Å². The lowest BCUT2D eigenvalue weighted by molar-refractivity contribution is 0.235. The number of benzene rings is 2. The molecule has 0 spiro atoms. The summed E-state index contributed by atoms with van der Waals surface area (Å²) < 4.78 is 18.5. The highest BCUT2D eigenvalue weighted by Gasteiger charge is 2.02. The van der Waals surface area contributed by atoms with Crippen LogP contribution in [0.4, 0.5) is 9.18 Å². The van der Waals surface area contributed by atoms with Gasteiger partial charge in [-0.15, -0.1) is 0 Å². The first-order valence-electron chi connectivity index (χ1n) is 7.68. The smallest absolute Gasteiger partial charge is 0.314 e. The topological polar surface area (TPSA) is 50.4 Å². The van der Waals surface area contributed by atoms with Crippen LogP contribution >= 0.6 is 0 Å². The molecule has 122 valence electrons. The number of aryl methyl sites for hydroxylation is 1. The van der Waals surface area contributed by atoms with Gasteiger partial charge in [0.15, 0.2) is 11.6 Å². The summed E-state index contributed by atoms with van der Waals surface area (Å²) in [6.07, 6.45) is 1.81. The van der Waals surface area contributed by atoms with Crippen LogP contribution in [0.15, 0.2) is 54.6 Å². The van der Waals surface area contributed by atoms with Crippen molar-refractivity contribution in [1.29, 1.82) is 0 Å². The monoisotopic (exact) mass is 316 g/mol. The normalized spacial score (nSPS) is 10.1. The molecule has 5 heteroatoms. The largest absolute Gasteiger partial charge is 0.489 e. The van der Waals surface area contributed by atoms with Crippen molar-refractivity contribution in [2.45, 2.75) is 12.8 Å². The Morgan fingerprint density at radius 1 is 0.957 bits per heavy atom. The van der Waals surface area contributed by atoms with Crippen LogP contribution in [-0.2, 0) is 6.42 Å². The molecule has 0 fully saturated rings. The van der Waals surface area contributed by atoms with Gasteiger partial charge in [-0.3, -0.25) is 0 Å². The van der Waals surface area contributed by atoms with Crippen LogP contribution < -0.4 is 15.4 Å². The van der Waals surface area contributed by atoms with Crippen molar-refractivity contribution in [2.24, 2.45) is 0 Å². The van der Waals surface area contributed by atoms with E-state index in [1.165, 1.54) is 11.6 Å². The average molecular weight is 316 g/mol.